The van der Waals surface area contributed by atoms with Crippen LogP contribution < -0.4 is 61.3 Å². The summed E-state index contributed by atoms with van der Waals surface area (Å²) in [5.41, 5.74) is 0. The van der Waals surface area contributed by atoms with Crippen LogP contribution >= 0.6 is 11.8 Å². The van der Waals surface area contributed by atoms with Gasteiger partial charge in [-0.05, 0) is 18.7 Å². The first-order valence-corrected chi connectivity index (χ1v) is 2.13. The van der Waals surface area contributed by atoms with Crippen LogP contribution in [0.2, 0.25) is 0 Å². The van der Waals surface area contributed by atoms with E-state index in [-0.39, 0.29) is 51.4 Å². The molecule has 0 rings (SSSR count). The summed E-state index contributed by atoms with van der Waals surface area (Å²) in [5, 5.41) is 9.67. The van der Waals surface area contributed by atoms with Gasteiger partial charge in [-0.1, -0.05) is 0 Å². The molecule has 8 heavy (non-hydrogen) atoms. The van der Waals surface area contributed by atoms with E-state index in [1.165, 1.54) is 6.92 Å². The zero-order chi connectivity index (χ0) is 5.86. The van der Waals surface area contributed by atoms with E-state index in [0.29, 0.717) is 0 Å². The van der Waals surface area contributed by atoms with Crippen LogP contribution in [0.4, 0.5) is 0 Å². The third-order valence-corrected chi connectivity index (χ3v) is 0.845. The van der Waals surface area contributed by atoms with Crippen LogP contribution in [0, 0.1) is 0 Å². The molecule has 0 bridgehead atoms. The number of nitrogens with one attached hydrogen (secondary N) is 1. The molecule has 1 atom stereocenters. The van der Waals surface area contributed by atoms with Gasteiger partial charge in [-0.15, -0.1) is 0 Å². The smallest absolute Gasteiger partial charge is 0.548 e. The molecular weight excluding hydrogens is 157 g/mol. The van der Waals surface area contributed by atoms with Crippen LogP contribution in [0.15, 0.2) is 0 Å². The zero-order valence-corrected chi connectivity index (χ0v) is 8.65. The van der Waals surface area contributed by atoms with Crippen molar-refractivity contribution in [1.29, 1.82) is 0 Å². The van der Waals surface area contributed by atoms with Crippen molar-refractivity contribution in [3.05, 3.63) is 0 Å². The van der Waals surface area contributed by atoms with Crippen molar-refractivity contribution < 1.29 is 61.3 Å². The Hall–Kier alpha value is 1.36. The van der Waals surface area contributed by atoms with Crippen molar-refractivity contribution in [3.8, 4) is 0 Å². The second-order valence-electron chi connectivity index (χ2n) is 1.15. The summed E-state index contributed by atoms with van der Waals surface area (Å²) in [7, 11) is 0. The first-order valence-electron chi connectivity index (χ1n) is 1.75. The molecular formula is C3H5ClKNO2. The van der Waals surface area contributed by atoms with E-state index in [1.807, 2.05) is 4.84 Å². The summed E-state index contributed by atoms with van der Waals surface area (Å²) in [6, 6.07) is -0.776. The average molecular weight is 162 g/mol. The van der Waals surface area contributed by atoms with Crippen LogP contribution in [-0.4, -0.2) is 12.0 Å². The Bertz CT molecular complexity index is 79.7. The van der Waals surface area contributed by atoms with E-state index in [9.17, 15) is 9.90 Å². The molecule has 0 saturated carbocycles. The quantitative estimate of drug-likeness (QED) is 0.331. The Kier molecular flexibility index (Phi) is 9.77. The first-order chi connectivity index (χ1) is 3.18. The number of carboxylic acids is 1. The Labute approximate surface area is 95.3 Å². The maximum Gasteiger partial charge on any atom is 1.00 e. The second-order valence-corrected chi connectivity index (χ2v) is 1.37. The molecule has 0 aromatic rings. The minimum Gasteiger partial charge on any atom is -0.548 e. The number of hydrogen-bond acceptors (Lipinski definition) is 3. The predicted molar refractivity (Wildman–Crippen MR) is 23.5 cm³/mol. The van der Waals surface area contributed by atoms with Crippen LogP contribution in [0.3, 0.4) is 0 Å². The van der Waals surface area contributed by atoms with Gasteiger partial charge in [-0.25, -0.2) is 4.84 Å². The third kappa shape index (κ3) is 5.49. The summed E-state index contributed by atoms with van der Waals surface area (Å²) < 4.78 is 0. The van der Waals surface area contributed by atoms with Gasteiger partial charge in [0.1, 0.15) is 0 Å². The fourth-order valence-electron chi connectivity index (χ4n) is 0.0445. The molecule has 5 heteroatoms. The van der Waals surface area contributed by atoms with Crippen molar-refractivity contribution in [1.82, 2.24) is 4.84 Å². The topological polar surface area (TPSA) is 52.2 Å². The molecule has 0 aliphatic rings. The van der Waals surface area contributed by atoms with E-state index >= 15 is 0 Å². The van der Waals surface area contributed by atoms with Crippen molar-refractivity contribution in [2.75, 3.05) is 0 Å². The van der Waals surface area contributed by atoms with Crippen LogP contribution in [0.5, 0.6) is 0 Å². The fraction of sp³-hybridized carbons (Fsp3) is 0.667. The van der Waals surface area contributed by atoms with Gasteiger partial charge in [-0.3, -0.25) is 0 Å². The molecule has 1 N–H and O–H groups in total. The van der Waals surface area contributed by atoms with Crippen molar-refractivity contribution >= 4 is 17.7 Å². The summed E-state index contributed by atoms with van der Waals surface area (Å²) in [6.07, 6.45) is 0. The zero-order valence-electron chi connectivity index (χ0n) is 4.77. The number of carbonyl (C=O) groups is 1. The van der Waals surface area contributed by atoms with Gasteiger partial charge in [0.05, 0.1) is 12.0 Å². The number of rotatable bonds is 2. The summed E-state index contributed by atoms with van der Waals surface area (Å²) in [5.74, 6) is -1.20. The second kappa shape index (κ2) is 6.48. The summed E-state index contributed by atoms with van der Waals surface area (Å²) in [4.78, 5) is 11.6. The third-order valence-electron chi connectivity index (χ3n) is 0.517. The maximum atomic E-state index is 9.67. The molecule has 0 unspecified atom stereocenters. The number of hydrogen-bond donors (Lipinski definition) is 1. The van der Waals surface area contributed by atoms with E-state index < -0.39 is 12.0 Å². The van der Waals surface area contributed by atoms with Gasteiger partial charge >= 0.3 is 51.4 Å². The summed E-state index contributed by atoms with van der Waals surface area (Å²) >= 11 is 4.88. The minimum absolute atomic E-state index is 0. The van der Waals surface area contributed by atoms with E-state index in [4.69, 9.17) is 11.8 Å². The molecule has 0 radical (unpaired) electrons. The predicted octanol–water partition coefficient (Wildman–Crippen LogP) is -4.13. The molecule has 0 aromatic carbocycles. The van der Waals surface area contributed by atoms with Crippen molar-refractivity contribution in [2.45, 2.75) is 13.0 Å². The Morgan fingerprint density at radius 3 is 2.25 bits per heavy atom. The van der Waals surface area contributed by atoms with Crippen LogP contribution in [0.25, 0.3) is 0 Å². The molecule has 0 saturated heterocycles. The van der Waals surface area contributed by atoms with E-state index in [1.54, 1.807) is 0 Å². The van der Waals surface area contributed by atoms with Crippen molar-refractivity contribution in [2.24, 2.45) is 0 Å². The van der Waals surface area contributed by atoms with Gasteiger partial charge < -0.3 is 9.90 Å². The summed E-state index contributed by atoms with van der Waals surface area (Å²) in [6.45, 7) is 1.39. The fourth-order valence-corrected chi connectivity index (χ4v) is 0.134. The van der Waals surface area contributed by atoms with Gasteiger partial charge in [0.15, 0.2) is 0 Å². The van der Waals surface area contributed by atoms with Gasteiger partial charge in [0.2, 0.25) is 0 Å². The molecule has 0 fully saturated rings. The molecule has 3 nitrogen and oxygen atoms in total. The molecule has 0 aliphatic carbocycles. The monoisotopic (exact) mass is 161 g/mol. The van der Waals surface area contributed by atoms with Gasteiger partial charge in [0, 0.05) is 0 Å². The normalized spacial score (nSPS) is 11.8. The maximum absolute atomic E-state index is 9.67. The van der Waals surface area contributed by atoms with E-state index in [2.05, 4.69) is 0 Å². The van der Waals surface area contributed by atoms with Crippen LogP contribution in [0.1, 0.15) is 6.92 Å². The van der Waals surface area contributed by atoms with Gasteiger partial charge in [-0.2, -0.15) is 0 Å². The van der Waals surface area contributed by atoms with Gasteiger partial charge in [0.25, 0.3) is 0 Å². The Morgan fingerprint density at radius 1 is 1.88 bits per heavy atom. The standard InChI is InChI=1S/C3H6ClNO2.K/c1-2(5-4)3(6)7;/h2,5H,1H3,(H,6,7);/q;+1/p-1/t2-;/m0./s1. The molecule has 0 spiro atoms. The molecule has 0 heterocycles. The number of carboxylic acid groups (broad SMARTS) is 1. The minimum atomic E-state index is -1.20. The first kappa shape index (κ1) is 12.1. The number of carbonyl (C=O) groups excluding carboxylic acids is 1. The SMILES string of the molecule is C[C@H](NCl)C(=O)[O-].[K+]. The molecule has 0 amide bonds. The number of aliphatic carboxylic acids is 1. The van der Waals surface area contributed by atoms with E-state index in [0.717, 1.165) is 0 Å². The average Bonchev–Trinajstić information content (AvgIpc) is 1.65. The number of halogens is 1. The van der Waals surface area contributed by atoms with Crippen molar-refractivity contribution in [3.63, 3.8) is 0 Å². The Balaban J connectivity index is 0. The molecule has 42 valence electrons. The molecule has 0 aliphatic heterocycles. The largest absolute Gasteiger partial charge is 1.00 e. The van der Waals surface area contributed by atoms with Crippen LogP contribution in [-0.2, 0) is 4.79 Å². The molecule has 0 aromatic heterocycles. The Morgan fingerprint density at radius 2 is 2.25 bits per heavy atom.